The van der Waals surface area contributed by atoms with Gasteiger partial charge >= 0.3 is 0 Å². The first kappa shape index (κ1) is 21.6. The first-order chi connectivity index (χ1) is 11.7. The third kappa shape index (κ3) is 6.40. The number of carbonyl (C=O) groups is 1. The lowest BCUT2D eigenvalue weighted by molar-refractivity contribution is 0.0914. The molecular formula is C19H31ClN2O3. The molecule has 1 fully saturated rings. The molecule has 1 aromatic carbocycles. The SMILES string of the molecule is CCCCOc1ccc(C(=O)NC2CNCCC2C)cc1OCC.Cl. The molecule has 2 unspecified atom stereocenters. The van der Waals surface area contributed by atoms with Crippen molar-refractivity contribution in [3.8, 4) is 11.5 Å². The molecule has 2 rings (SSSR count). The van der Waals surface area contributed by atoms with E-state index in [0.717, 1.165) is 32.4 Å². The number of halogens is 1. The van der Waals surface area contributed by atoms with Crippen LogP contribution in [0.5, 0.6) is 11.5 Å². The van der Waals surface area contributed by atoms with Crippen LogP contribution in [-0.4, -0.2) is 38.3 Å². The minimum atomic E-state index is -0.0587. The first-order valence-corrected chi connectivity index (χ1v) is 9.06. The summed E-state index contributed by atoms with van der Waals surface area (Å²) in [5.41, 5.74) is 0.610. The fraction of sp³-hybridized carbons (Fsp3) is 0.632. The number of unbranched alkanes of at least 4 members (excludes halogenated alkanes) is 1. The van der Waals surface area contributed by atoms with Crippen LogP contribution < -0.4 is 20.1 Å². The number of hydrogen-bond donors (Lipinski definition) is 2. The molecule has 0 radical (unpaired) electrons. The van der Waals surface area contributed by atoms with Crippen LogP contribution >= 0.6 is 12.4 Å². The lowest BCUT2D eigenvalue weighted by atomic mass is 9.94. The maximum absolute atomic E-state index is 12.6. The van der Waals surface area contributed by atoms with Gasteiger partial charge in [0.1, 0.15) is 0 Å². The van der Waals surface area contributed by atoms with Gasteiger partial charge in [-0.2, -0.15) is 0 Å². The van der Waals surface area contributed by atoms with Crippen molar-refractivity contribution in [3.63, 3.8) is 0 Å². The first-order valence-electron chi connectivity index (χ1n) is 9.06. The number of amides is 1. The van der Waals surface area contributed by atoms with E-state index in [4.69, 9.17) is 9.47 Å². The Balaban J connectivity index is 0.00000312. The predicted molar refractivity (Wildman–Crippen MR) is 103 cm³/mol. The van der Waals surface area contributed by atoms with Crippen molar-refractivity contribution in [1.82, 2.24) is 10.6 Å². The summed E-state index contributed by atoms with van der Waals surface area (Å²) in [6.45, 7) is 9.28. The number of piperidine rings is 1. The molecule has 25 heavy (non-hydrogen) atoms. The molecule has 0 aromatic heterocycles. The van der Waals surface area contributed by atoms with Crippen molar-refractivity contribution in [1.29, 1.82) is 0 Å². The van der Waals surface area contributed by atoms with Crippen LogP contribution in [0.15, 0.2) is 18.2 Å². The highest BCUT2D eigenvalue weighted by Crippen LogP contribution is 2.29. The average Bonchev–Trinajstić information content (AvgIpc) is 2.58. The van der Waals surface area contributed by atoms with Crippen LogP contribution in [0.4, 0.5) is 0 Å². The summed E-state index contributed by atoms with van der Waals surface area (Å²) in [6.07, 6.45) is 3.16. The van der Waals surface area contributed by atoms with Crippen molar-refractivity contribution in [3.05, 3.63) is 23.8 Å². The standard InChI is InChI=1S/C19H30N2O3.ClH/c1-4-6-11-24-17-8-7-15(12-18(17)23-5-2)19(22)21-16-13-20-10-9-14(16)3;/h7-8,12,14,16,20H,4-6,9-11,13H2,1-3H3,(H,21,22);1H. The summed E-state index contributed by atoms with van der Waals surface area (Å²) in [4.78, 5) is 12.6. The molecule has 1 aromatic rings. The summed E-state index contributed by atoms with van der Waals surface area (Å²) < 4.78 is 11.4. The number of nitrogens with one attached hydrogen (secondary N) is 2. The minimum Gasteiger partial charge on any atom is -0.490 e. The van der Waals surface area contributed by atoms with E-state index in [-0.39, 0.29) is 24.4 Å². The summed E-state index contributed by atoms with van der Waals surface area (Å²) in [6, 6.07) is 5.58. The number of carbonyl (C=O) groups excluding carboxylic acids is 1. The Morgan fingerprint density at radius 2 is 2.08 bits per heavy atom. The smallest absolute Gasteiger partial charge is 0.251 e. The highest BCUT2D eigenvalue weighted by atomic mass is 35.5. The van der Waals surface area contributed by atoms with E-state index in [2.05, 4.69) is 24.5 Å². The van der Waals surface area contributed by atoms with Crippen LogP contribution in [0.3, 0.4) is 0 Å². The lowest BCUT2D eigenvalue weighted by Crippen LogP contribution is -2.50. The molecule has 2 atom stereocenters. The third-order valence-electron chi connectivity index (χ3n) is 4.41. The van der Waals surface area contributed by atoms with Crippen LogP contribution in [-0.2, 0) is 0 Å². The molecule has 1 aliphatic rings. The van der Waals surface area contributed by atoms with Gasteiger partial charge in [-0.15, -0.1) is 12.4 Å². The quantitative estimate of drug-likeness (QED) is 0.688. The van der Waals surface area contributed by atoms with E-state index < -0.39 is 0 Å². The topological polar surface area (TPSA) is 59.6 Å². The normalized spacial score (nSPS) is 19.6. The van der Waals surface area contributed by atoms with E-state index in [1.807, 2.05) is 13.0 Å². The van der Waals surface area contributed by atoms with E-state index in [1.54, 1.807) is 12.1 Å². The monoisotopic (exact) mass is 370 g/mol. The van der Waals surface area contributed by atoms with Gasteiger partial charge in [0.15, 0.2) is 11.5 Å². The largest absolute Gasteiger partial charge is 0.490 e. The zero-order chi connectivity index (χ0) is 17.4. The Labute approximate surface area is 157 Å². The van der Waals surface area contributed by atoms with Crippen molar-refractivity contribution >= 4 is 18.3 Å². The Morgan fingerprint density at radius 3 is 2.76 bits per heavy atom. The van der Waals surface area contributed by atoms with Gasteiger partial charge in [0.2, 0.25) is 0 Å². The van der Waals surface area contributed by atoms with E-state index in [0.29, 0.717) is 36.2 Å². The molecule has 0 bridgehead atoms. The molecule has 0 saturated carbocycles. The Morgan fingerprint density at radius 1 is 1.28 bits per heavy atom. The fourth-order valence-corrected chi connectivity index (χ4v) is 2.80. The second-order valence-corrected chi connectivity index (χ2v) is 6.35. The van der Waals surface area contributed by atoms with E-state index >= 15 is 0 Å². The highest BCUT2D eigenvalue weighted by Gasteiger charge is 2.23. The lowest BCUT2D eigenvalue weighted by Gasteiger charge is -2.30. The Bertz CT molecular complexity index is 539. The molecule has 1 saturated heterocycles. The van der Waals surface area contributed by atoms with Gasteiger partial charge < -0.3 is 20.1 Å². The van der Waals surface area contributed by atoms with Gasteiger partial charge in [0, 0.05) is 18.2 Å². The minimum absolute atomic E-state index is 0. The van der Waals surface area contributed by atoms with Gasteiger partial charge in [-0.1, -0.05) is 20.3 Å². The third-order valence-corrected chi connectivity index (χ3v) is 4.41. The van der Waals surface area contributed by atoms with E-state index in [9.17, 15) is 4.79 Å². The number of rotatable bonds is 8. The molecular weight excluding hydrogens is 340 g/mol. The highest BCUT2D eigenvalue weighted by molar-refractivity contribution is 5.95. The summed E-state index contributed by atoms with van der Waals surface area (Å²) >= 11 is 0. The summed E-state index contributed by atoms with van der Waals surface area (Å²) in [5, 5.41) is 6.46. The van der Waals surface area contributed by atoms with Gasteiger partial charge in [-0.3, -0.25) is 4.79 Å². The van der Waals surface area contributed by atoms with E-state index in [1.165, 1.54) is 0 Å². The van der Waals surface area contributed by atoms with Crippen molar-refractivity contribution < 1.29 is 14.3 Å². The van der Waals surface area contributed by atoms with Crippen LogP contribution in [0.25, 0.3) is 0 Å². The van der Waals surface area contributed by atoms with Crippen LogP contribution in [0, 0.1) is 5.92 Å². The summed E-state index contributed by atoms with van der Waals surface area (Å²) in [7, 11) is 0. The van der Waals surface area contributed by atoms with Gasteiger partial charge in [0.25, 0.3) is 5.91 Å². The van der Waals surface area contributed by atoms with Crippen molar-refractivity contribution in [2.45, 2.75) is 46.1 Å². The number of ether oxygens (including phenoxy) is 2. The molecule has 0 aliphatic carbocycles. The average molecular weight is 371 g/mol. The number of hydrogen-bond acceptors (Lipinski definition) is 4. The maximum Gasteiger partial charge on any atom is 0.251 e. The van der Waals surface area contributed by atoms with Crippen molar-refractivity contribution in [2.24, 2.45) is 5.92 Å². The molecule has 6 heteroatoms. The molecule has 1 heterocycles. The van der Waals surface area contributed by atoms with Gasteiger partial charge in [-0.25, -0.2) is 0 Å². The molecule has 5 nitrogen and oxygen atoms in total. The molecule has 0 spiro atoms. The maximum atomic E-state index is 12.6. The zero-order valence-corrected chi connectivity index (χ0v) is 16.3. The van der Waals surface area contributed by atoms with Crippen LogP contribution in [0.1, 0.15) is 50.4 Å². The fourth-order valence-electron chi connectivity index (χ4n) is 2.80. The molecule has 1 amide bonds. The van der Waals surface area contributed by atoms with Crippen LogP contribution in [0.2, 0.25) is 0 Å². The molecule has 1 aliphatic heterocycles. The zero-order valence-electron chi connectivity index (χ0n) is 15.5. The van der Waals surface area contributed by atoms with Gasteiger partial charge in [0.05, 0.1) is 13.2 Å². The Kier molecular flexibility index (Phi) is 9.68. The molecule has 2 N–H and O–H groups in total. The summed E-state index contributed by atoms with van der Waals surface area (Å²) in [5.74, 6) is 1.76. The second kappa shape index (κ2) is 11.2. The number of benzene rings is 1. The van der Waals surface area contributed by atoms with Crippen molar-refractivity contribution in [2.75, 3.05) is 26.3 Å². The van der Waals surface area contributed by atoms with Gasteiger partial charge in [-0.05, 0) is 50.4 Å². The molecule has 142 valence electrons. The second-order valence-electron chi connectivity index (χ2n) is 6.35. The Hall–Kier alpha value is -1.46. The predicted octanol–water partition coefficient (Wildman–Crippen LogP) is 3.41.